The van der Waals surface area contributed by atoms with Crippen LogP contribution in [0.2, 0.25) is 0 Å². The minimum absolute atomic E-state index is 0.130. The summed E-state index contributed by atoms with van der Waals surface area (Å²) in [7, 11) is 0. The van der Waals surface area contributed by atoms with Gasteiger partial charge in [-0.05, 0) is 74.7 Å². The lowest BCUT2D eigenvalue weighted by Gasteiger charge is -2.43. The summed E-state index contributed by atoms with van der Waals surface area (Å²) in [6.07, 6.45) is 6.35. The Morgan fingerprint density at radius 3 is 2.74 bits per heavy atom. The zero-order valence-electron chi connectivity index (χ0n) is 13.9. The van der Waals surface area contributed by atoms with E-state index in [1.165, 1.54) is 24.8 Å². The summed E-state index contributed by atoms with van der Waals surface area (Å²) < 4.78 is 1.08. The van der Waals surface area contributed by atoms with Crippen LogP contribution in [-0.2, 0) is 10.3 Å². The van der Waals surface area contributed by atoms with E-state index < -0.39 is 0 Å². The van der Waals surface area contributed by atoms with Gasteiger partial charge in [0.25, 0.3) is 0 Å². The lowest BCUT2D eigenvalue weighted by atomic mass is 9.71. The number of benzene rings is 1. The van der Waals surface area contributed by atoms with E-state index in [1.807, 2.05) is 6.07 Å². The van der Waals surface area contributed by atoms with Crippen molar-refractivity contribution in [2.75, 3.05) is 13.1 Å². The molecule has 2 N–H and O–H groups in total. The average Bonchev–Trinajstić information content (AvgIpc) is 2.51. The predicted octanol–water partition coefficient (Wildman–Crippen LogP) is 3.97. The molecule has 0 spiro atoms. The van der Waals surface area contributed by atoms with E-state index in [0.29, 0.717) is 18.3 Å². The molecule has 3 nitrogen and oxygen atoms in total. The minimum Gasteiger partial charge on any atom is -0.347 e. The molecule has 126 valence electrons. The molecule has 1 unspecified atom stereocenters. The second-order valence-corrected chi connectivity index (χ2v) is 8.18. The number of amides is 1. The van der Waals surface area contributed by atoms with Crippen molar-refractivity contribution in [1.29, 1.82) is 0 Å². The second kappa shape index (κ2) is 7.35. The first kappa shape index (κ1) is 17.0. The fraction of sp³-hybridized carbons (Fsp3) is 0.632. The Balaban J connectivity index is 1.61. The normalized spacial score (nSPS) is 22.2. The van der Waals surface area contributed by atoms with Crippen LogP contribution in [0.25, 0.3) is 0 Å². The molecule has 1 amide bonds. The summed E-state index contributed by atoms with van der Waals surface area (Å²) in [6.45, 7) is 4.43. The predicted molar refractivity (Wildman–Crippen MR) is 97.2 cm³/mol. The number of hydrogen-bond donors (Lipinski definition) is 2. The van der Waals surface area contributed by atoms with Gasteiger partial charge in [-0.3, -0.25) is 4.79 Å². The fourth-order valence-corrected chi connectivity index (χ4v) is 4.39. The molecule has 0 bridgehead atoms. The van der Waals surface area contributed by atoms with E-state index >= 15 is 0 Å². The lowest BCUT2D eigenvalue weighted by Crippen LogP contribution is -2.51. The highest BCUT2D eigenvalue weighted by molar-refractivity contribution is 9.10. The monoisotopic (exact) mass is 378 g/mol. The highest BCUT2D eigenvalue weighted by atomic mass is 79.9. The molecule has 1 aromatic rings. The van der Waals surface area contributed by atoms with E-state index in [2.05, 4.69) is 51.7 Å². The molecule has 1 aromatic carbocycles. The maximum absolute atomic E-state index is 12.6. The van der Waals surface area contributed by atoms with Gasteiger partial charge < -0.3 is 10.6 Å². The minimum atomic E-state index is -0.130. The van der Waals surface area contributed by atoms with Gasteiger partial charge in [-0.2, -0.15) is 0 Å². The molecule has 1 aliphatic heterocycles. The largest absolute Gasteiger partial charge is 0.347 e. The van der Waals surface area contributed by atoms with Gasteiger partial charge >= 0.3 is 0 Å². The number of hydrogen-bond acceptors (Lipinski definition) is 2. The van der Waals surface area contributed by atoms with Crippen LogP contribution in [0, 0.1) is 11.8 Å². The first-order valence-corrected chi connectivity index (χ1v) is 9.66. The van der Waals surface area contributed by atoms with E-state index in [4.69, 9.17) is 0 Å². The molecule has 1 saturated carbocycles. The maximum Gasteiger partial charge on any atom is 0.220 e. The van der Waals surface area contributed by atoms with Gasteiger partial charge in [0.2, 0.25) is 5.91 Å². The summed E-state index contributed by atoms with van der Waals surface area (Å²) in [5.41, 5.74) is 1.11. The lowest BCUT2D eigenvalue weighted by molar-refractivity contribution is -0.125. The zero-order chi connectivity index (χ0) is 16.3. The Kier molecular flexibility index (Phi) is 5.42. The van der Waals surface area contributed by atoms with Crippen LogP contribution in [0.4, 0.5) is 0 Å². The molecule has 1 aliphatic carbocycles. The molecule has 2 aliphatic rings. The van der Waals surface area contributed by atoms with Crippen molar-refractivity contribution in [2.45, 2.75) is 51.0 Å². The Labute approximate surface area is 147 Å². The number of rotatable bonds is 5. The number of carbonyl (C=O) groups is 1. The van der Waals surface area contributed by atoms with Crippen LogP contribution in [0.3, 0.4) is 0 Å². The third kappa shape index (κ3) is 3.97. The summed E-state index contributed by atoms with van der Waals surface area (Å²) in [4.78, 5) is 12.6. The molecule has 1 atom stereocenters. The standard InChI is InChI=1S/C19H27BrN2O/c1-14(15-6-10-21-11-7-15)12-18(23)22-19(8-3-9-19)16-4-2-5-17(20)13-16/h2,4-5,13-15,21H,3,6-12H2,1H3,(H,22,23). The van der Waals surface area contributed by atoms with Crippen molar-refractivity contribution in [3.63, 3.8) is 0 Å². The van der Waals surface area contributed by atoms with Crippen molar-refractivity contribution in [3.05, 3.63) is 34.3 Å². The smallest absolute Gasteiger partial charge is 0.220 e. The van der Waals surface area contributed by atoms with Gasteiger partial charge in [0.05, 0.1) is 5.54 Å². The third-order valence-corrected chi connectivity index (χ3v) is 6.15. The first-order valence-electron chi connectivity index (χ1n) is 8.87. The van der Waals surface area contributed by atoms with Crippen molar-refractivity contribution < 1.29 is 4.79 Å². The first-order chi connectivity index (χ1) is 11.1. The Morgan fingerprint density at radius 2 is 2.13 bits per heavy atom. The van der Waals surface area contributed by atoms with Crippen LogP contribution in [-0.4, -0.2) is 19.0 Å². The van der Waals surface area contributed by atoms with Gasteiger partial charge in [0.1, 0.15) is 0 Å². The van der Waals surface area contributed by atoms with E-state index in [0.717, 1.165) is 30.4 Å². The average molecular weight is 379 g/mol. The number of halogens is 1. The van der Waals surface area contributed by atoms with Crippen molar-refractivity contribution in [1.82, 2.24) is 10.6 Å². The zero-order valence-corrected chi connectivity index (χ0v) is 15.5. The van der Waals surface area contributed by atoms with Crippen LogP contribution in [0.5, 0.6) is 0 Å². The Bertz CT molecular complexity index is 550. The summed E-state index contributed by atoms with van der Waals surface area (Å²) in [6, 6.07) is 8.39. The molecule has 3 rings (SSSR count). The molecular weight excluding hydrogens is 352 g/mol. The van der Waals surface area contributed by atoms with Crippen LogP contribution < -0.4 is 10.6 Å². The third-order valence-electron chi connectivity index (χ3n) is 5.66. The molecule has 4 heteroatoms. The number of carbonyl (C=O) groups excluding carboxylic acids is 1. The van der Waals surface area contributed by atoms with Gasteiger partial charge in [0.15, 0.2) is 0 Å². The quantitative estimate of drug-likeness (QED) is 0.813. The second-order valence-electron chi connectivity index (χ2n) is 7.26. The van der Waals surface area contributed by atoms with Gasteiger partial charge in [0, 0.05) is 10.9 Å². The molecule has 0 radical (unpaired) electrons. The van der Waals surface area contributed by atoms with Gasteiger partial charge in [-0.15, -0.1) is 0 Å². The van der Waals surface area contributed by atoms with Crippen molar-refractivity contribution >= 4 is 21.8 Å². The Morgan fingerprint density at radius 1 is 1.39 bits per heavy atom. The highest BCUT2D eigenvalue weighted by Gasteiger charge is 2.40. The summed E-state index contributed by atoms with van der Waals surface area (Å²) >= 11 is 3.55. The van der Waals surface area contributed by atoms with Gasteiger partial charge in [-0.25, -0.2) is 0 Å². The van der Waals surface area contributed by atoms with E-state index in [9.17, 15) is 4.79 Å². The molecule has 1 heterocycles. The van der Waals surface area contributed by atoms with Crippen LogP contribution >= 0.6 is 15.9 Å². The topological polar surface area (TPSA) is 41.1 Å². The summed E-state index contributed by atoms with van der Waals surface area (Å²) in [5.74, 6) is 1.37. The molecular formula is C19H27BrN2O. The fourth-order valence-electron chi connectivity index (χ4n) is 3.99. The van der Waals surface area contributed by atoms with Crippen LogP contribution in [0.1, 0.15) is 51.0 Å². The van der Waals surface area contributed by atoms with Crippen molar-refractivity contribution in [2.24, 2.45) is 11.8 Å². The molecule has 2 fully saturated rings. The van der Waals surface area contributed by atoms with E-state index in [1.54, 1.807) is 0 Å². The highest BCUT2D eigenvalue weighted by Crippen LogP contribution is 2.42. The Hall–Kier alpha value is -0.870. The van der Waals surface area contributed by atoms with Crippen molar-refractivity contribution in [3.8, 4) is 0 Å². The number of nitrogens with one attached hydrogen (secondary N) is 2. The maximum atomic E-state index is 12.6. The van der Waals surface area contributed by atoms with Crippen LogP contribution in [0.15, 0.2) is 28.7 Å². The molecule has 0 aromatic heterocycles. The SMILES string of the molecule is CC(CC(=O)NC1(c2cccc(Br)c2)CCC1)C1CCNCC1. The number of piperidine rings is 1. The van der Waals surface area contributed by atoms with Gasteiger partial charge in [-0.1, -0.05) is 35.0 Å². The van der Waals surface area contributed by atoms with E-state index in [-0.39, 0.29) is 11.4 Å². The summed E-state index contributed by atoms with van der Waals surface area (Å²) in [5, 5.41) is 6.77. The molecule has 1 saturated heterocycles. The molecule has 23 heavy (non-hydrogen) atoms.